The zero-order valence-electron chi connectivity index (χ0n) is 18.2. The molecule has 7 heteroatoms. The Bertz CT molecular complexity index is 1190. The van der Waals surface area contributed by atoms with Gasteiger partial charge in [0.15, 0.2) is 4.75 Å². The second kappa shape index (κ2) is 8.84. The van der Waals surface area contributed by atoms with Crippen molar-refractivity contribution in [1.82, 2.24) is 5.32 Å². The fourth-order valence-corrected chi connectivity index (χ4v) is 6.14. The molecule has 1 fully saturated rings. The van der Waals surface area contributed by atoms with Gasteiger partial charge in [-0.05, 0) is 41.5 Å². The Morgan fingerprint density at radius 1 is 0.969 bits per heavy atom. The topological polar surface area (TPSA) is 81.7 Å². The van der Waals surface area contributed by atoms with E-state index in [-0.39, 0.29) is 6.42 Å². The van der Waals surface area contributed by atoms with Gasteiger partial charge in [-0.15, -0.1) is 0 Å². The maximum Gasteiger partial charge on any atom is 0.327 e. The molecule has 3 aromatic carbocycles. The first-order valence-corrected chi connectivity index (χ1v) is 11.4. The van der Waals surface area contributed by atoms with E-state index in [0.29, 0.717) is 4.90 Å². The van der Waals surface area contributed by atoms with E-state index in [1.165, 1.54) is 14.2 Å². The van der Waals surface area contributed by atoms with Crippen molar-refractivity contribution in [2.75, 3.05) is 14.2 Å². The highest BCUT2D eigenvalue weighted by Gasteiger charge is 2.60. The maximum absolute atomic E-state index is 14.0. The lowest BCUT2D eigenvalue weighted by atomic mass is 9.91. The van der Waals surface area contributed by atoms with Crippen LogP contribution in [0.15, 0.2) is 71.6 Å². The van der Waals surface area contributed by atoms with Crippen LogP contribution in [0.5, 0.6) is 0 Å². The summed E-state index contributed by atoms with van der Waals surface area (Å²) in [5.41, 5.74) is 1.77. The Hall–Kier alpha value is -3.03. The van der Waals surface area contributed by atoms with Crippen LogP contribution in [0, 0.1) is 6.92 Å². The Kier molecular flexibility index (Phi) is 6.13. The fraction of sp³-hybridized carbons (Fsp3) is 0.280. The molecule has 0 aromatic heterocycles. The van der Waals surface area contributed by atoms with Gasteiger partial charge in [0.25, 0.3) is 0 Å². The minimum atomic E-state index is -1.80. The Balaban J connectivity index is 1.89. The maximum atomic E-state index is 14.0. The Morgan fingerprint density at radius 3 is 2.31 bits per heavy atom. The van der Waals surface area contributed by atoms with Crippen molar-refractivity contribution < 1.29 is 23.3 Å². The van der Waals surface area contributed by atoms with E-state index in [0.717, 1.165) is 21.9 Å². The van der Waals surface area contributed by atoms with Gasteiger partial charge >= 0.3 is 11.9 Å². The van der Waals surface area contributed by atoms with E-state index < -0.39 is 39.6 Å². The van der Waals surface area contributed by atoms with Crippen molar-refractivity contribution in [3.05, 3.63) is 77.9 Å². The Labute approximate surface area is 189 Å². The first-order chi connectivity index (χ1) is 15.4. The summed E-state index contributed by atoms with van der Waals surface area (Å²) < 4.78 is 22.6. The van der Waals surface area contributed by atoms with Crippen LogP contribution in [0.4, 0.5) is 0 Å². The molecule has 1 heterocycles. The van der Waals surface area contributed by atoms with Crippen molar-refractivity contribution in [2.24, 2.45) is 0 Å². The largest absolute Gasteiger partial charge is 0.468 e. The van der Waals surface area contributed by atoms with E-state index in [9.17, 15) is 13.8 Å². The summed E-state index contributed by atoms with van der Waals surface area (Å²) in [7, 11) is 0.769. The summed E-state index contributed by atoms with van der Waals surface area (Å²) in [5.74, 6) is -1.14. The van der Waals surface area contributed by atoms with Gasteiger partial charge in [-0.25, -0.2) is 0 Å². The third kappa shape index (κ3) is 3.72. The number of benzene rings is 3. The van der Waals surface area contributed by atoms with Crippen LogP contribution in [-0.4, -0.2) is 41.2 Å². The normalized spacial score (nSPS) is 23.6. The summed E-state index contributed by atoms with van der Waals surface area (Å²) in [5, 5.41) is 5.25. The molecular formula is C25H25NO5S. The lowest BCUT2D eigenvalue weighted by Crippen LogP contribution is -2.48. The molecule has 6 nitrogen and oxygen atoms in total. The number of aryl methyl sites for hydroxylation is 1. The quantitative estimate of drug-likeness (QED) is 0.599. The number of carbonyl (C=O) groups is 2. The van der Waals surface area contributed by atoms with Gasteiger partial charge in [-0.2, -0.15) is 0 Å². The molecule has 0 radical (unpaired) electrons. The summed E-state index contributed by atoms with van der Waals surface area (Å²) in [6, 6.07) is 19.3. The van der Waals surface area contributed by atoms with E-state index in [1.807, 2.05) is 61.5 Å². The van der Waals surface area contributed by atoms with Crippen molar-refractivity contribution in [1.29, 1.82) is 0 Å². The third-order valence-electron chi connectivity index (χ3n) is 6.03. The lowest BCUT2D eigenvalue weighted by Gasteiger charge is -2.31. The predicted octanol–water partition coefficient (Wildman–Crippen LogP) is 3.44. The smallest absolute Gasteiger partial charge is 0.327 e. The number of hydrogen-bond donors (Lipinski definition) is 1. The average molecular weight is 452 g/mol. The van der Waals surface area contributed by atoms with Crippen LogP contribution < -0.4 is 5.32 Å². The van der Waals surface area contributed by atoms with Crippen molar-refractivity contribution >= 4 is 33.5 Å². The molecule has 0 unspecified atom stereocenters. The number of esters is 2. The summed E-state index contributed by atoms with van der Waals surface area (Å²) in [4.78, 5) is 26.3. The highest BCUT2D eigenvalue weighted by molar-refractivity contribution is 7.87. The molecule has 1 aliphatic heterocycles. The summed E-state index contributed by atoms with van der Waals surface area (Å²) in [6.07, 6.45) is -0.00960. The van der Waals surface area contributed by atoms with Crippen LogP contribution in [0.3, 0.4) is 0 Å². The van der Waals surface area contributed by atoms with Crippen LogP contribution >= 0.6 is 0 Å². The molecular weight excluding hydrogens is 426 g/mol. The monoisotopic (exact) mass is 451 g/mol. The minimum absolute atomic E-state index is 0.00960. The molecule has 0 aliphatic carbocycles. The van der Waals surface area contributed by atoms with Crippen molar-refractivity contribution in [2.45, 2.75) is 35.1 Å². The average Bonchev–Trinajstić information content (AvgIpc) is 3.24. The van der Waals surface area contributed by atoms with E-state index in [4.69, 9.17) is 9.47 Å². The first-order valence-electron chi connectivity index (χ1n) is 10.3. The predicted molar refractivity (Wildman–Crippen MR) is 123 cm³/mol. The molecule has 0 amide bonds. The minimum Gasteiger partial charge on any atom is -0.468 e. The molecule has 3 aromatic rings. The highest BCUT2D eigenvalue weighted by Crippen LogP contribution is 2.45. The van der Waals surface area contributed by atoms with E-state index >= 15 is 0 Å². The molecule has 0 saturated carbocycles. The van der Waals surface area contributed by atoms with E-state index in [1.54, 1.807) is 12.1 Å². The third-order valence-corrected chi connectivity index (χ3v) is 7.96. The van der Waals surface area contributed by atoms with Gasteiger partial charge in [0, 0.05) is 11.3 Å². The van der Waals surface area contributed by atoms with Crippen molar-refractivity contribution in [3.63, 3.8) is 0 Å². The number of ether oxygens (including phenoxy) is 2. The molecule has 1 N–H and O–H groups in total. The van der Waals surface area contributed by atoms with Gasteiger partial charge in [-0.3, -0.25) is 19.1 Å². The fourth-order valence-electron chi connectivity index (χ4n) is 4.37. The summed E-state index contributed by atoms with van der Waals surface area (Å²) in [6.45, 7) is 1.94. The van der Waals surface area contributed by atoms with Crippen LogP contribution in [0.1, 0.15) is 23.6 Å². The van der Waals surface area contributed by atoms with Crippen molar-refractivity contribution in [3.8, 4) is 0 Å². The van der Waals surface area contributed by atoms with Gasteiger partial charge in [0.1, 0.15) is 6.04 Å². The Morgan fingerprint density at radius 2 is 1.66 bits per heavy atom. The van der Waals surface area contributed by atoms with Crippen LogP contribution in [0.2, 0.25) is 0 Å². The number of fused-ring (bicyclic) bond motifs is 1. The van der Waals surface area contributed by atoms with Gasteiger partial charge in [0.05, 0.1) is 31.1 Å². The summed E-state index contributed by atoms with van der Waals surface area (Å²) >= 11 is 0. The molecule has 166 valence electrons. The molecule has 0 spiro atoms. The van der Waals surface area contributed by atoms with Gasteiger partial charge in [0.2, 0.25) is 0 Å². The second-order valence-corrected chi connectivity index (χ2v) is 9.69. The molecule has 32 heavy (non-hydrogen) atoms. The lowest BCUT2D eigenvalue weighted by molar-refractivity contribution is -0.144. The second-order valence-electron chi connectivity index (χ2n) is 7.95. The molecule has 4 rings (SSSR count). The molecule has 4 atom stereocenters. The number of rotatable bonds is 5. The zero-order valence-corrected chi connectivity index (χ0v) is 19.0. The number of hydrogen-bond acceptors (Lipinski definition) is 6. The van der Waals surface area contributed by atoms with Gasteiger partial charge in [-0.1, -0.05) is 54.1 Å². The van der Waals surface area contributed by atoms with Crippen LogP contribution in [0.25, 0.3) is 10.8 Å². The number of methoxy groups -OCH3 is 2. The standard InChI is InChI=1S/C25H25NO5S/c1-16-8-12-20(13-9-16)32(29)25(24(28)31-3)15-21(23(27)30-2)26-22(25)19-11-10-17-6-4-5-7-18(17)14-19/h4-14,21-22,26H,15H2,1-3H3/t21-,22-,25-,32-/m0/s1. The molecule has 1 saturated heterocycles. The zero-order chi connectivity index (χ0) is 22.9. The molecule has 1 aliphatic rings. The number of carbonyl (C=O) groups excluding carboxylic acids is 2. The molecule has 0 bridgehead atoms. The highest BCUT2D eigenvalue weighted by atomic mass is 32.2. The van der Waals surface area contributed by atoms with E-state index in [2.05, 4.69) is 5.32 Å². The van der Waals surface area contributed by atoms with Crippen LogP contribution in [-0.2, 0) is 29.9 Å². The first kappa shape index (κ1) is 22.2. The number of nitrogens with one attached hydrogen (secondary N) is 1. The van der Waals surface area contributed by atoms with Gasteiger partial charge < -0.3 is 9.47 Å². The SMILES string of the molecule is COC(=O)[C@@H]1C[C@](C(=O)OC)([S@@](=O)c2ccc(C)cc2)[C@H](c2ccc3ccccc3c2)N1.